The van der Waals surface area contributed by atoms with Gasteiger partial charge >= 0.3 is 0 Å². The van der Waals surface area contributed by atoms with Gasteiger partial charge in [0.25, 0.3) is 0 Å². The summed E-state index contributed by atoms with van der Waals surface area (Å²) in [4.78, 5) is 1.89. The first-order chi connectivity index (χ1) is 11.0. The molecule has 1 saturated heterocycles. The van der Waals surface area contributed by atoms with E-state index in [-0.39, 0.29) is 23.8 Å². The topological polar surface area (TPSA) is 40.6 Å². The minimum Gasteiger partial charge on any atom is -0.367 e. The average molecular weight is 338 g/mol. The SMILES string of the molecule is O=S(=O)(c1ccc(F)cc1)N1CCN(c2ccccc2F)CC1. The molecule has 4 nitrogen and oxygen atoms in total. The predicted molar refractivity (Wildman–Crippen MR) is 83.8 cm³/mol. The van der Waals surface area contributed by atoms with Crippen LogP contribution in [0.2, 0.25) is 0 Å². The highest BCUT2D eigenvalue weighted by Gasteiger charge is 2.29. The molecule has 0 amide bonds. The lowest BCUT2D eigenvalue weighted by Crippen LogP contribution is -2.48. The fourth-order valence-corrected chi connectivity index (χ4v) is 4.06. The Morgan fingerprint density at radius 3 is 2.04 bits per heavy atom. The number of nitrogens with zero attached hydrogens (tertiary/aromatic N) is 2. The Kier molecular flexibility index (Phi) is 4.32. The Morgan fingerprint density at radius 2 is 1.43 bits per heavy atom. The zero-order valence-corrected chi connectivity index (χ0v) is 13.1. The lowest BCUT2D eigenvalue weighted by atomic mass is 10.2. The van der Waals surface area contributed by atoms with E-state index in [0.29, 0.717) is 18.8 Å². The molecular formula is C16H16F2N2O2S. The van der Waals surface area contributed by atoms with Crippen LogP contribution in [0.1, 0.15) is 0 Å². The van der Waals surface area contributed by atoms with Crippen molar-refractivity contribution < 1.29 is 17.2 Å². The van der Waals surface area contributed by atoms with E-state index in [1.54, 1.807) is 18.2 Å². The molecule has 0 N–H and O–H groups in total. The zero-order chi connectivity index (χ0) is 16.4. The summed E-state index contributed by atoms with van der Waals surface area (Å²) >= 11 is 0. The molecule has 0 atom stereocenters. The molecule has 0 bridgehead atoms. The molecule has 1 aliphatic rings. The summed E-state index contributed by atoms with van der Waals surface area (Å²) in [5, 5.41) is 0. The highest BCUT2D eigenvalue weighted by Crippen LogP contribution is 2.23. The molecule has 0 saturated carbocycles. The smallest absolute Gasteiger partial charge is 0.243 e. The number of para-hydroxylation sites is 1. The molecule has 122 valence electrons. The summed E-state index contributed by atoms with van der Waals surface area (Å²) in [5.74, 6) is -0.796. The maximum Gasteiger partial charge on any atom is 0.243 e. The number of piperazine rings is 1. The molecule has 2 aromatic carbocycles. The number of hydrogen-bond donors (Lipinski definition) is 0. The molecule has 1 aliphatic heterocycles. The van der Waals surface area contributed by atoms with Gasteiger partial charge in [-0.2, -0.15) is 4.31 Å². The first-order valence-corrected chi connectivity index (χ1v) is 8.68. The summed E-state index contributed by atoms with van der Waals surface area (Å²) < 4.78 is 53.1. The molecule has 0 aliphatic carbocycles. The Bertz CT molecular complexity index is 786. The maximum absolute atomic E-state index is 13.8. The number of halogens is 2. The normalized spacial score (nSPS) is 16.5. The van der Waals surface area contributed by atoms with Crippen LogP contribution in [0, 0.1) is 11.6 Å². The average Bonchev–Trinajstić information content (AvgIpc) is 2.56. The zero-order valence-electron chi connectivity index (χ0n) is 12.3. The molecular weight excluding hydrogens is 322 g/mol. The van der Waals surface area contributed by atoms with Crippen LogP contribution in [-0.4, -0.2) is 38.9 Å². The molecule has 23 heavy (non-hydrogen) atoms. The van der Waals surface area contributed by atoms with Crippen LogP contribution in [0.25, 0.3) is 0 Å². The van der Waals surface area contributed by atoms with Crippen LogP contribution in [0.4, 0.5) is 14.5 Å². The second-order valence-electron chi connectivity index (χ2n) is 5.30. The molecule has 1 heterocycles. The Labute approximate surface area is 134 Å². The van der Waals surface area contributed by atoms with Gasteiger partial charge in [-0.1, -0.05) is 12.1 Å². The standard InChI is InChI=1S/C16H16F2N2O2S/c17-13-5-7-14(8-6-13)23(21,22)20-11-9-19(10-12-20)16-4-2-1-3-15(16)18/h1-8H,9-12H2. The molecule has 2 aromatic rings. The van der Waals surface area contributed by atoms with Gasteiger partial charge < -0.3 is 4.90 Å². The minimum atomic E-state index is -3.65. The van der Waals surface area contributed by atoms with Crippen LogP contribution in [0.3, 0.4) is 0 Å². The van der Waals surface area contributed by atoms with Gasteiger partial charge in [0.05, 0.1) is 10.6 Å². The van der Waals surface area contributed by atoms with Crippen LogP contribution in [0.5, 0.6) is 0 Å². The lowest BCUT2D eigenvalue weighted by Gasteiger charge is -2.35. The van der Waals surface area contributed by atoms with Crippen molar-refractivity contribution in [2.24, 2.45) is 0 Å². The summed E-state index contributed by atoms with van der Waals surface area (Å²) in [6, 6.07) is 11.2. The van der Waals surface area contributed by atoms with Crippen LogP contribution < -0.4 is 4.90 Å². The Morgan fingerprint density at radius 1 is 0.826 bits per heavy atom. The van der Waals surface area contributed by atoms with E-state index in [4.69, 9.17) is 0 Å². The van der Waals surface area contributed by atoms with Crippen molar-refractivity contribution in [3.8, 4) is 0 Å². The molecule has 1 fully saturated rings. The van der Waals surface area contributed by atoms with Crippen molar-refractivity contribution in [2.45, 2.75) is 4.90 Å². The molecule has 3 rings (SSSR count). The van der Waals surface area contributed by atoms with E-state index in [1.807, 2.05) is 4.90 Å². The van der Waals surface area contributed by atoms with Crippen LogP contribution in [0.15, 0.2) is 53.4 Å². The van der Waals surface area contributed by atoms with Gasteiger partial charge in [-0.25, -0.2) is 17.2 Å². The van der Waals surface area contributed by atoms with Crippen LogP contribution >= 0.6 is 0 Å². The third-order valence-corrected chi connectivity index (χ3v) is 5.80. The van der Waals surface area contributed by atoms with Gasteiger partial charge in [0, 0.05) is 26.2 Å². The van der Waals surface area contributed by atoms with E-state index in [1.165, 1.54) is 22.5 Å². The second-order valence-corrected chi connectivity index (χ2v) is 7.23. The van der Waals surface area contributed by atoms with Gasteiger partial charge in [-0.15, -0.1) is 0 Å². The summed E-state index contributed by atoms with van der Waals surface area (Å²) in [5.41, 5.74) is 0.478. The van der Waals surface area contributed by atoms with Gasteiger partial charge in [-0.3, -0.25) is 0 Å². The minimum absolute atomic E-state index is 0.0678. The van der Waals surface area contributed by atoms with Crippen molar-refractivity contribution in [2.75, 3.05) is 31.1 Å². The summed E-state index contributed by atoms with van der Waals surface area (Å²) in [6.45, 7) is 1.32. The number of hydrogen-bond acceptors (Lipinski definition) is 3. The fourth-order valence-electron chi connectivity index (χ4n) is 2.63. The van der Waals surface area contributed by atoms with E-state index in [9.17, 15) is 17.2 Å². The van der Waals surface area contributed by atoms with Gasteiger partial charge in [0.15, 0.2) is 0 Å². The van der Waals surface area contributed by atoms with Crippen molar-refractivity contribution in [1.29, 1.82) is 0 Å². The largest absolute Gasteiger partial charge is 0.367 e. The third-order valence-electron chi connectivity index (χ3n) is 3.88. The summed E-state index contributed by atoms with van der Waals surface area (Å²) in [6.07, 6.45) is 0. The summed E-state index contributed by atoms with van der Waals surface area (Å²) in [7, 11) is -3.65. The first-order valence-electron chi connectivity index (χ1n) is 7.24. The molecule has 0 spiro atoms. The van der Waals surface area contributed by atoms with Crippen molar-refractivity contribution in [3.05, 3.63) is 60.2 Å². The lowest BCUT2D eigenvalue weighted by molar-refractivity contribution is 0.383. The number of anilines is 1. The van der Waals surface area contributed by atoms with Crippen molar-refractivity contribution in [3.63, 3.8) is 0 Å². The second kappa shape index (κ2) is 6.25. The predicted octanol–water partition coefficient (Wildman–Crippen LogP) is 2.48. The highest BCUT2D eigenvalue weighted by atomic mass is 32.2. The quantitative estimate of drug-likeness (QED) is 0.863. The monoisotopic (exact) mass is 338 g/mol. The number of sulfonamides is 1. The Balaban J connectivity index is 1.74. The van der Waals surface area contributed by atoms with Gasteiger partial charge in [-0.05, 0) is 36.4 Å². The molecule has 7 heteroatoms. The van der Waals surface area contributed by atoms with E-state index in [2.05, 4.69) is 0 Å². The number of benzene rings is 2. The molecule has 0 unspecified atom stereocenters. The molecule has 0 radical (unpaired) electrons. The van der Waals surface area contributed by atoms with Crippen molar-refractivity contribution >= 4 is 15.7 Å². The van der Waals surface area contributed by atoms with Crippen LogP contribution in [-0.2, 0) is 10.0 Å². The number of rotatable bonds is 3. The highest BCUT2D eigenvalue weighted by molar-refractivity contribution is 7.89. The first kappa shape index (κ1) is 15.9. The van der Waals surface area contributed by atoms with E-state index >= 15 is 0 Å². The third kappa shape index (κ3) is 3.20. The van der Waals surface area contributed by atoms with E-state index in [0.717, 1.165) is 12.1 Å². The van der Waals surface area contributed by atoms with Gasteiger partial charge in [0.2, 0.25) is 10.0 Å². The van der Waals surface area contributed by atoms with E-state index < -0.39 is 15.8 Å². The van der Waals surface area contributed by atoms with Crippen molar-refractivity contribution in [1.82, 2.24) is 4.31 Å². The molecule has 0 aromatic heterocycles. The fraction of sp³-hybridized carbons (Fsp3) is 0.250. The van der Waals surface area contributed by atoms with Gasteiger partial charge in [0.1, 0.15) is 11.6 Å². The maximum atomic E-state index is 13.8. The Hall–Kier alpha value is -1.99.